The number of nitrogens with zero attached hydrogens (tertiary/aromatic N) is 3. The summed E-state index contributed by atoms with van der Waals surface area (Å²) in [7, 11) is 1.56. The van der Waals surface area contributed by atoms with Crippen molar-refractivity contribution in [1.29, 1.82) is 0 Å². The largest absolute Gasteiger partial charge is 0.496 e. The van der Waals surface area contributed by atoms with Gasteiger partial charge in [0.1, 0.15) is 17.6 Å². The van der Waals surface area contributed by atoms with Crippen LogP contribution in [0, 0.1) is 0 Å². The number of halogens is 2. The van der Waals surface area contributed by atoms with Crippen LogP contribution in [0.4, 0.5) is 5.88 Å². The fourth-order valence-electron chi connectivity index (χ4n) is 4.96. The maximum atomic E-state index is 14.0. The van der Waals surface area contributed by atoms with E-state index in [-0.39, 0.29) is 11.7 Å². The molecule has 2 aliphatic rings. The van der Waals surface area contributed by atoms with Crippen LogP contribution in [-0.4, -0.2) is 36.8 Å². The van der Waals surface area contributed by atoms with Gasteiger partial charge in [-0.1, -0.05) is 27.3 Å². The van der Waals surface area contributed by atoms with Crippen molar-refractivity contribution in [2.24, 2.45) is 4.99 Å². The highest BCUT2D eigenvalue weighted by Crippen LogP contribution is 2.37. The van der Waals surface area contributed by atoms with E-state index < -0.39 is 12.0 Å². The number of rotatable bonds is 6. The van der Waals surface area contributed by atoms with E-state index in [9.17, 15) is 9.59 Å². The number of allylic oxidation sites excluding steroid dienone is 1. The molecule has 5 rings (SSSR count). The maximum absolute atomic E-state index is 14.0. The first kappa shape index (κ1) is 27.9. The van der Waals surface area contributed by atoms with Crippen LogP contribution in [0.2, 0.25) is 0 Å². The molecular formula is C28H29Br2N3O5S. The van der Waals surface area contributed by atoms with Crippen molar-refractivity contribution in [2.45, 2.75) is 52.2 Å². The number of thiazole rings is 1. The second kappa shape index (κ2) is 11.5. The van der Waals surface area contributed by atoms with Crippen molar-refractivity contribution >= 4 is 61.1 Å². The first-order chi connectivity index (χ1) is 18.7. The molecule has 2 aliphatic heterocycles. The van der Waals surface area contributed by atoms with Gasteiger partial charge in [-0.15, -0.1) is 0 Å². The first-order valence-corrected chi connectivity index (χ1v) is 15.2. The number of fused-ring (bicyclic) bond motifs is 1. The van der Waals surface area contributed by atoms with Crippen LogP contribution >= 0.6 is 43.2 Å². The fraction of sp³-hybridized carbons (Fsp3) is 0.393. The molecule has 11 heteroatoms. The molecule has 0 radical (unpaired) electrons. The number of ether oxygens (including phenoxy) is 2. The van der Waals surface area contributed by atoms with Crippen LogP contribution in [-0.2, 0) is 9.53 Å². The second-order valence-corrected chi connectivity index (χ2v) is 12.6. The van der Waals surface area contributed by atoms with Gasteiger partial charge in [-0.2, -0.15) is 0 Å². The molecule has 0 amide bonds. The SMILES string of the molecule is COc1ccc(Br)cc1[C@@H]1C(C(=O)OC(C)C)=C(C)N=c2s/c(=C\c3cc(Br)c(N4CCCCC4)o3)c(=O)n21. The number of aromatic nitrogens is 1. The lowest BCUT2D eigenvalue weighted by atomic mass is 9.95. The molecule has 2 aromatic heterocycles. The molecule has 206 valence electrons. The molecule has 0 aliphatic carbocycles. The number of hydrogen-bond donors (Lipinski definition) is 0. The first-order valence-electron chi connectivity index (χ1n) is 12.8. The van der Waals surface area contributed by atoms with E-state index >= 15 is 0 Å². The number of methoxy groups -OCH3 is 1. The van der Waals surface area contributed by atoms with Crippen LogP contribution in [0.1, 0.15) is 57.4 Å². The summed E-state index contributed by atoms with van der Waals surface area (Å²) in [5.74, 6) is 1.37. The van der Waals surface area contributed by atoms with E-state index in [2.05, 4.69) is 41.8 Å². The highest BCUT2D eigenvalue weighted by atomic mass is 79.9. The summed E-state index contributed by atoms with van der Waals surface area (Å²) >= 11 is 8.41. The fourth-order valence-corrected chi connectivity index (χ4v) is 6.93. The summed E-state index contributed by atoms with van der Waals surface area (Å²) in [6.07, 6.45) is 4.88. The van der Waals surface area contributed by atoms with Crippen molar-refractivity contribution in [3.8, 4) is 5.75 Å². The Bertz CT molecular complexity index is 1630. The topological polar surface area (TPSA) is 86.3 Å². The van der Waals surface area contributed by atoms with Gasteiger partial charge >= 0.3 is 5.97 Å². The monoisotopic (exact) mass is 677 g/mol. The van der Waals surface area contributed by atoms with Crippen LogP contribution in [0.25, 0.3) is 6.08 Å². The molecule has 3 aromatic rings. The molecule has 4 heterocycles. The molecule has 1 saturated heterocycles. The van der Waals surface area contributed by atoms with Gasteiger partial charge in [0.2, 0.25) is 5.88 Å². The third kappa shape index (κ3) is 5.53. The molecule has 0 bridgehead atoms. The van der Waals surface area contributed by atoms with E-state index in [0.29, 0.717) is 37.7 Å². The second-order valence-electron chi connectivity index (χ2n) is 9.77. The molecular weight excluding hydrogens is 650 g/mol. The van der Waals surface area contributed by atoms with Gasteiger partial charge in [0, 0.05) is 35.3 Å². The number of esters is 1. The Hall–Kier alpha value is -2.63. The number of benzene rings is 1. The Labute approximate surface area is 246 Å². The molecule has 39 heavy (non-hydrogen) atoms. The lowest BCUT2D eigenvalue weighted by molar-refractivity contribution is -0.143. The van der Waals surface area contributed by atoms with Crippen molar-refractivity contribution in [3.05, 3.63) is 75.5 Å². The van der Waals surface area contributed by atoms with Gasteiger partial charge in [0.15, 0.2) is 4.80 Å². The highest BCUT2D eigenvalue weighted by molar-refractivity contribution is 9.10. The highest BCUT2D eigenvalue weighted by Gasteiger charge is 2.35. The Balaban J connectivity index is 1.67. The average Bonchev–Trinajstić information content (AvgIpc) is 3.41. The summed E-state index contributed by atoms with van der Waals surface area (Å²) in [6, 6.07) is 6.61. The lowest BCUT2D eigenvalue weighted by Crippen LogP contribution is -2.40. The van der Waals surface area contributed by atoms with Gasteiger partial charge in [-0.25, -0.2) is 9.79 Å². The van der Waals surface area contributed by atoms with Gasteiger partial charge in [0.25, 0.3) is 5.56 Å². The Morgan fingerprint density at radius 3 is 2.64 bits per heavy atom. The number of piperidine rings is 1. The molecule has 8 nitrogen and oxygen atoms in total. The van der Waals surface area contributed by atoms with Crippen molar-refractivity contribution in [3.63, 3.8) is 0 Å². The number of furan rings is 1. The molecule has 0 saturated carbocycles. The molecule has 1 aromatic carbocycles. The smallest absolute Gasteiger partial charge is 0.338 e. The van der Waals surface area contributed by atoms with E-state index in [0.717, 1.165) is 40.8 Å². The minimum atomic E-state index is -0.783. The Morgan fingerprint density at radius 2 is 1.95 bits per heavy atom. The predicted octanol–water partition coefficient (Wildman–Crippen LogP) is 5.30. The number of hydrogen-bond acceptors (Lipinski definition) is 8. The lowest BCUT2D eigenvalue weighted by Gasteiger charge is -2.26. The minimum absolute atomic E-state index is 0.278. The van der Waals surface area contributed by atoms with E-state index in [4.69, 9.17) is 13.9 Å². The van der Waals surface area contributed by atoms with Crippen molar-refractivity contribution < 1.29 is 18.7 Å². The molecule has 0 N–H and O–H groups in total. The summed E-state index contributed by atoms with van der Waals surface area (Å²) < 4.78 is 21.1. The standard InChI is InChI=1S/C28H29Br2N3O5S/c1-15(2)37-27(35)23-16(3)31-28-33(24(23)19-12-17(29)8-9-21(19)36-4)25(34)22(39-28)14-18-13-20(30)26(38-18)32-10-6-5-7-11-32/h8-9,12-15,24H,5-7,10-11H2,1-4H3/b22-14-/t24-/m1/s1. The Morgan fingerprint density at radius 1 is 1.21 bits per heavy atom. The number of carbonyl (C=O) groups is 1. The number of anilines is 1. The summed E-state index contributed by atoms with van der Waals surface area (Å²) in [4.78, 5) is 34.7. The van der Waals surface area contributed by atoms with Crippen LogP contribution in [0.3, 0.4) is 0 Å². The summed E-state index contributed by atoms with van der Waals surface area (Å²) in [5, 5.41) is 0. The van der Waals surface area contributed by atoms with Gasteiger partial charge in [-0.05, 0) is 74.2 Å². The average molecular weight is 679 g/mol. The van der Waals surface area contributed by atoms with E-state index in [1.165, 1.54) is 17.8 Å². The quantitative estimate of drug-likeness (QED) is 0.329. The van der Waals surface area contributed by atoms with Gasteiger partial charge in [-0.3, -0.25) is 9.36 Å². The van der Waals surface area contributed by atoms with E-state index in [1.807, 2.05) is 18.2 Å². The predicted molar refractivity (Wildman–Crippen MR) is 158 cm³/mol. The molecule has 1 atom stereocenters. The van der Waals surface area contributed by atoms with E-state index in [1.54, 1.807) is 44.6 Å². The third-order valence-electron chi connectivity index (χ3n) is 6.68. The third-order valence-corrected chi connectivity index (χ3v) is 8.72. The zero-order valence-corrected chi connectivity index (χ0v) is 26.1. The van der Waals surface area contributed by atoms with Crippen LogP contribution < -0.4 is 24.5 Å². The zero-order valence-electron chi connectivity index (χ0n) is 22.1. The minimum Gasteiger partial charge on any atom is -0.496 e. The zero-order chi connectivity index (χ0) is 27.8. The number of carbonyl (C=O) groups excluding carboxylic acids is 1. The molecule has 0 spiro atoms. The Kier molecular flexibility index (Phi) is 8.21. The maximum Gasteiger partial charge on any atom is 0.338 e. The normalized spacial score (nSPS) is 17.9. The van der Waals surface area contributed by atoms with Crippen LogP contribution in [0.5, 0.6) is 5.75 Å². The summed E-state index contributed by atoms with van der Waals surface area (Å²) in [6.45, 7) is 7.22. The molecule has 0 unspecified atom stereocenters. The van der Waals surface area contributed by atoms with Crippen molar-refractivity contribution in [2.75, 3.05) is 25.1 Å². The van der Waals surface area contributed by atoms with Gasteiger partial charge < -0.3 is 18.8 Å². The summed E-state index contributed by atoms with van der Waals surface area (Å²) in [5.41, 5.74) is 1.17. The van der Waals surface area contributed by atoms with Crippen molar-refractivity contribution in [1.82, 2.24) is 4.57 Å². The molecule has 1 fully saturated rings. The van der Waals surface area contributed by atoms with Crippen LogP contribution in [0.15, 0.2) is 58.7 Å². The van der Waals surface area contributed by atoms with Gasteiger partial charge in [0.05, 0.1) is 33.5 Å².